The number of nitrogens with one attached hydrogen (secondary N) is 1. The van der Waals surface area contributed by atoms with Gasteiger partial charge in [-0.1, -0.05) is 25.1 Å². The molecule has 2 unspecified atom stereocenters. The van der Waals surface area contributed by atoms with Gasteiger partial charge in [-0.25, -0.2) is 0 Å². The highest BCUT2D eigenvalue weighted by Crippen LogP contribution is 2.30. The van der Waals surface area contributed by atoms with Crippen LogP contribution in [-0.4, -0.2) is 28.5 Å². The van der Waals surface area contributed by atoms with Crippen LogP contribution < -0.4 is 10.1 Å². The summed E-state index contributed by atoms with van der Waals surface area (Å²) in [7, 11) is 1.95. The lowest BCUT2D eigenvalue weighted by atomic mass is 9.99. The number of ether oxygens (including phenoxy) is 1. The first kappa shape index (κ1) is 13.2. The summed E-state index contributed by atoms with van der Waals surface area (Å²) in [4.78, 5) is 0. The molecule has 0 amide bonds. The Bertz CT molecular complexity index is 554. The quantitative estimate of drug-likeness (QED) is 0.903. The average molecular weight is 271 g/mol. The van der Waals surface area contributed by atoms with Crippen molar-refractivity contribution in [2.24, 2.45) is 7.05 Å². The molecule has 106 valence electrons. The van der Waals surface area contributed by atoms with Crippen molar-refractivity contribution in [3.05, 3.63) is 47.8 Å². The predicted molar refractivity (Wildman–Crippen MR) is 78.9 cm³/mol. The molecule has 0 fully saturated rings. The maximum absolute atomic E-state index is 6.11. The molecule has 1 aliphatic rings. The van der Waals surface area contributed by atoms with Gasteiger partial charge in [0, 0.05) is 25.7 Å². The van der Waals surface area contributed by atoms with E-state index in [0.717, 1.165) is 25.1 Å². The third-order valence-electron chi connectivity index (χ3n) is 3.80. The molecule has 0 saturated carbocycles. The van der Waals surface area contributed by atoms with Gasteiger partial charge in [-0.15, -0.1) is 0 Å². The van der Waals surface area contributed by atoms with Crippen LogP contribution in [0.15, 0.2) is 36.7 Å². The van der Waals surface area contributed by atoms with Crippen LogP contribution in [0.5, 0.6) is 5.75 Å². The molecule has 4 nitrogen and oxygen atoms in total. The molecule has 2 atom stereocenters. The third kappa shape index (κ3) is 2.70. The smallest absolute Gasteiger partial charge is 0.123 e. The molecular formula is C16H21N3O. The van der Waals surface area contributed by atoms with Crippen molar-refractivity contribution < 1.29 is 4.74 Å². The summed E-state index contributed by atoms with van der Waals surface area (Å²) in [5, 5.41) is 7.80. The lowest BCUT2D eigenvalue weighted by Crippen LogP contribution is -2.43. The van der Waals surface area contributed by atoms with E-state index >= 15 is 0 Å². The molecule has 1 N–H and O–H groups in total. The van der Waals surface area contributed by atoms with Crippen molar-refractivity contribution in [3.63, 3.8) is 0 Å². The lowest BCUT2D eigenvalue weighted by Gasteiger charge is -2.23. The maximum Gasteiger partial charge on any atom is 0.123 e. The number of hydrogen-bond donors (Lipinski definition) is 1. The van der Waals surface area contributed by atoms with Gasteiger partial charge in [0.1, 0.15) is 11.9 Å². The Balaban J connectivity index is 1.72. The molecule has 20 heavy (non-hydrogen) atoms. The number of nitrogens with zero attached hydrogens (tertiary/aromatic N) is 2. The zero-order valence-electron chi connectivity index (χ0n) is 12.0. The van der Waals surface area contributed by atoms with Crippen LogP contribution in [0, 0.1) is 0 Å². The van der Waals surface area contributed by atoms with E-state index in [1.807, 2.05) is 24.0 Å². The number of para-hydroxylation sites is 1. The monoisotopic (exact) mass is 271 g/mol. The zero-order valence-corrected chi connectivity index (χ0v) is 12.0. The highest BCUT2D eigenvalue weighted by molar-refractivity contribution is 5.37. The first-order valence-electron chi connectivity index (χ1n) is 7.21. The summed E-state index contributed by atoms with van der Waals surface area (Å²) in [6.07, 6.45) is 6.14. The summed E-state index contributed by atoms with van der Waals surface area (Å²) >= 11 is 0. The number of fused-ring (bicyclic) bond motifs is 1. The number of hydrogen-bond acceptors (Lipinski definition) is 3. The van der Waals surface area contributed by atoms with Crippen LogP contribution in [-0.2, 0) is 19.9 Å². The SMILES string of the molecule is CCNC(Cc1cnn(C)c1)C1Cc2ccccc2O1. The Morgan fingerprint density at radius 3 is 3.00 bits per heavy atom. The number of aromatic nitrogens is 2. The van der Waals surface area contributed by atoms with Gasteiger partial charge in [0.25, 0.3) is 0 Å². The highest BCUT2D eigenvalue weighted by Gasteiger charge is 2.29. The summed E-state index contributed by atoms with van der Waals surface area (Å²) < 4.78 is 7.96. The van der Waals surface area contributed by atoms with Gasteiger partial charge in [0.05, 0.1) is 6.20 Å². The van der Waals surface area contributed by atoms with Gasteiger partial charge >= 0.3 is 0 Å². The van der Waals surface area contributed by atoms with E-state index in [0.29, 0.717) is 6.04 Å². The van der Waals surface area contributed by atoms with Gasteiger partial charge in [0.2, 0.25) is 0 Å². The summed E-state index contributed by atoms with van der Waals surface area (Å²) in [6, 6.07) is 8.64. The van der Waals surface area contributed by atoms with E-state index < -0.39 is 0 Å². The second kappa shape index (κ2) is 5.67. The molecule has 1 aromatic heterocycles. The Hall–Kier alpha value is -1.81. The number of aryl methyl sites for hydroxylation is 1. The van der Waals surface area contributed by atoms with Crippen molar-refractivity contribution in [1.29, 1.82) is 0 Å². The molecule has 0 aliphatic carbocycles. The van der Waals surface area contributed by atoms with Crippen LogP contribution in [0.2, 0.25) is 0 Å². The van der Waals surface area contributed by atoms with E-state index in [4.69, 9.17) is 4.74 Å². The van der Waals surface area contributed by atoms with Crippen LogP contribution in [0.25, 0.3) is 0 Å². The Morgan fingerprint density at radius 2 is 2.30 bits per heavy atom. The van der Waals surface area contributed by atoms with Crippen molar-refractivity contribution in [1.82, 2.24) is 15.1 Å². The zero-order chi connectivity index (χ0) is 13.9. The minimum absolute atomic E-state index is 0.201. The number of likely N-dealkylation sites (N-methyl/N-ethyl adjacent to an activating group) is 1. The minimum atomic E-state index is 0.201. The first-order valence-corrected chi connectivity index (χ1v) is 7.21. The molecule has 0 radical (unpaired) electrons. The summed E-state index contributed by atoms with van der Waals surface area (Å²) in [5.74, 6) is 1.03. The fourth-order valence-corrected chi connectivity index (χ4v) is 2.86. The molecule has 2 aromatic rings. The molecule has 1 aliphatic heterocycles. The van der Waals surface area contributed by atoms with Crippen LogP contribution in [0.1, 0.15) is 18.1 Å². The van der Waals surface area contributed by atoms with Gasteiger partial charge in [-0.2, -0.15) is 5.10 Å². The summed E-state index contributed by atoms with van der Waals surface area (Å²) in [6.45, 7) is 3.08. The van der Waals surface area contributed by atoms with Crippen LogP contribution in [0.3, 0.4) is 0 Å². The fraction of sp³-hybridized carbons (Fsp3) is 0.438. The topological polar surface area (TPSA) is 39.1 Å². The Kier molecular flexibility index (Phi) is 3.74. The average Bonchev–Trinajstić information content (AvgIpc) is 3.04. The maximum atomic E-state index is 6.11. The molecule has 0 bridgehead atoms. The van der Waals surface area contributed by atoms with Crippen molar-refractivity contribution in [2.45, 2.75) is 31.9 Å². The van der Waals surface area contributed by atoms with Gasteiger partial charge in [-0.05, 0) is 30.2 Å². The highest BCUT2D eigenvalue weighted by atomic mass is 16.5. The minimum Gasteiger partial charge on any atom is -0.488 e. The van der Waals surface area contributed by atoms with E-state index in [2.05, 4.69) is 41.7 Å². The largest absolute Gasteiger partial charge is 0.488 e. The summed E-state index contributed by atoms with van der Waals surface area (Å²) in [5.41, 5.74) is 2.56. The predicted octanol–water partition coefficient (Wildman–Crippen LogP) is 1.94. The van der Waals surface area contributed by atoms with Crippen LogP contribution >= 0.6 is 0 Å². The molecule has 0 saturated heterocycles. The van der Waals surface area contributed by atoms with Gasteiger partial charge in [-0.3, -0.25) is 4.68 Å². The van der Waals surface area contributed by atoms with Crippen molar-refractivity contribution in [2.75, 3.05) is 6.54 Å². The number of benzene rings is 1. The number of rotatable bonds is 5. The van der Waals surface area contributed by atoms with E-state index in [1.165, 1.54) is 11.1 Å². The van der Waals surface area contributed by atoms with E-state index in [-0.39, 0.29) is 6.10 Å². The van der Waals surface area contributed by atoms with Gasteiger partial charge in [0.15, 0.2) is 0 Å². The van der Waals surface area contributed by atoms with Gasteiger partial charge < -0.3 is 10.1 Å². The molecule has 4 heteroatoms. The normalized spacial score (nSPS) is 18.6. The fourth-order valence-electron chi connectivity index (χ4n) is 2.86. The Labute approximate surface area is 119 Å². The third-order valence-corrected chi connectivity index (χ3v) is 3.80. The Morgan fingerprint density at radius 1 is 1.45 bits per heavy atom. The molecule has 3 rings (SSSR count). The van der Waals surface area contributed by atoms with E-state index in [1.54, 1.807) is 0 Å². The van der Waals surface area contributed by atoms with E-state index in [9.17, 15) is 0 Å². The van der Waals surface area contributed by atoms with Crippen molar-refractivity contribution >= 4 is 0 Å². The molecule has 0 spiro atoms. The molecule has 1 aromatic carbocycles. The molecular weight excluding hydrogens is 250 g/mol. The lowest BCUT2D eigenvalue weighted by molar-refractivity contribution is 0.178. The molecule has 2 heterocycles. The van der Waals surface area contributed by atoms with Crippen LogP contribution in [0.4, 0.5) is 0 Å². The van der Waals surface area contributed by atoms with Crippen molar-refractivity contribution in [3.8, 4) is 5.75 Å². The second-order valence-corrected chi connectivity index (χ2v) is 5.36. The second-order valence-electron chi connectivity index (χ2n) is 5.36. The standard InChI is InChI=1S/C16H21N3O/c1-3-17-14(8-12-10-18-19(2)11-12)16-9-13-6-4-5-7-15(13)20-16/h4-7,10-11,14,16-17H,3,8-9H2,1-2H3. The first-order chi connectivity index (χ1) is 9.76.